The summed E-state index contributed by atoms with van der Waals surface area (Å²) in [5.41, 5.74) is 0.892. The fourth-order valence-corrected chi connectivity index (χ4v) is 8.11. The molecule has 1 unspecified atom stereocenters. The third kappa shape index (κ3) is 4.64. The SMILES string of the molecule is [C-]#[N+]c1cc(F)c(CC2C3CCC(CC3)[C@H]2C(=O)OC)nc1-c1cn(S(=O)(=O)c2ccc(C)cc2)c2ncc(F)cc12. The molecular formula is C31H28F2N4O4S. The van der Waals surface area contributed by atoms with Crippen molar-refractivity contribution in [3.63, 3.8) is 0 Å². The number of aromatic nitrogens is 3. The van der Waals surface area contributed by atoms with E-state index in [2.05, 4.69) is 14.8 Å². The Morgan fingerprint density at radius 1 is 1.12 bits per heavy atom. The fourth-order valence-electron chi connectivity index (χ4n) is 6.79. The van der Waals surface area contributed by atoms with Crippen LogP contribution in [0.5, 0.6) is 0 Å². The molecule has 0 radical (unpaired) electrons. The smallest absolute Gasteiger partial charge is 0.309 e. The third-order valence-electron chi connectivity index (χ3n) is 8.85. The van der Waals surface area contributed by atoms with Gasteiger partial charge in [0.15, 0.2) is 5.65 Å². The van der Waals surface area contributed by atoms with E-state index in [1.165, 1.54) is 25.4 Å². The summed E-state index contributed by atoms with van der Waals surface area (Å²) in [4.78, 5) is 24.9. The van der Waals surface area contributed by atoms with Crippen molar-refractivity contribution in [1.29, 1.82) is 0 Å². The summed E-state index contributed by atoms with van der Waals surface area (Å²) in [6.45, 7) is 9.54. The molecule has 3 fully saturated rings. The minimum Gasteiger partial charge on any atom is -0.469 e. The highest BCUT2D eigenvalue weighted by Gasteiger charge is 2.48. The summed E-state index contributed by atoms with van der Waals surface area (Å²) in [5.74, 6) is -1.87. The first kappa shape index (κ1) is 28.0. The van der Waals surface area contributed by atoms with Gasteiger partial charge < -0.3 is 4.74 Å². The molecule has 2 atom stereocenters. The fraction of sp³-hybridized carbons (Fsp3) is 0.355. The highest BCUT2D eigenvalue weighted by Crippen LogP contribution is 2.50. The number of aryl methyl sites for hydroxylation is 1. The van der Waals surface area contributed by atoms with Gasteiger partial charge in [-0.2, -0.15) is 0 Å². The van der Waals surface area contributed by atoms with E-state index in [0.717, 1.165) is 53.5 Å². The zero-order chi connectivity index (χ0) is 29.8. The van der Waals surface area contributed by atoms with E-state index in [0.29, 0.717) is 0 Å². The summed E-state index contributed by atoms with van der Waals surface area (Å²) in [6.07, 6.45) is 6.05. The Hall–Kier alpha value is -4.17. The van der Waals surface area contributed by atoms with Gasteiger partial charge in [-0.3, -0.25) is 9.78 Å². The molecule has 42 heavy (non-hydrogen) atoms. The summed E-state index contributed by atoms with van der Waals surface area (Å²) >= 11 is 0. The van der Waals surface area contributed by atoms with Gasteiger partial charge in [-0.05, 0) is 81.0 Å². The Morgan fingerprint density at radius 2 is 1.81 bits per heavy atom. The van der Waals surface area contributed by atoms with Gasteiger partial charge in [0.2, 0.25) is 5.69 Å². The van der Waals surface area contributed by atoms with Crippen LogP contribution >= 0.6 is 0 Å². The number of nitrogens with zero attached hydrogens (tertiary/aromatic N) is 4. The maximum Gasteiger partial charge on any atom is 0.309 e. The first-order valence-electron chi connectivity index (χ1n) is 13.8. The van der Waals surface area contributed by atoms with Crippen molar-refractivity contribution in [3.8, 4) is 11.3 Å². The highest BCUT2D eigenvalue weighted by molar-refractivity contribution is 7.90. The van der Waals surface area contributed by atoms with Crippen LogP contribution in [0, 0.1) is 48.8 Å². The van der Waals surface area contributed by atoms with Crippen molar-refractivity contribution in [2.75, 3.05) is 7.11 Å². The minimum absolute atomic E-state index is 0.00188. The van der Waals surface area contributed by atoms with Crippen molar-refractivity contribution in [2.24, 2.45) is 23.7 Å². The van der Waals surface area contributed by atoms with E-state index >= 15 is 4.39 Å². The lowest BCUT2D eigenvalue weighted by Crippen LogP contribution is -2.45. The second-order valence-corrected chi connectivity index (χ2v) is 13.0. The Bertz CT molecular complexity index is 1860. The van der Waals surface area contributed by atoms with Crippen LogP contribution in [0.2, 0.25) is 0 Å². The molecule has 2 bridgehead atoms. The normalized spacial score (nSPS) is 21.8. The van der Waals surface area contributed by atoms with Crippen LogP contribution in [-0.4, -0.2) is 35.4 Å². The van der Waals surface area contributed by atoms with Gasteiger partial charge in [-0.1, -0.05) is 17.7 Å². The van der Waals surface area contributed by atoms with Gasteiger partial charge in [0, 0.05) is 17.1 Å². The van der Waals surface area contributed by atoms with E-state index in [4.69, 9.17) is 11.3 Å². The summed E-state index contributed by atoms with van der Waals surface area (Å²) in [7, 11) is -2.81. The molecule has 3 aliphatic carbocycles. The molecule has 0 aliphatic heterocycles. The zero-order valence-corrected chi connectivity index (χ0v) is 23.9. The first-order chi connectivity index (χ1) is 20.1. The third-order valence-corrected chi connectivity index (χ3v) is 10.5. The van der Waals surface area contributed by atoms with E-state index in [-0.39, 0.29) is 74.6 Å². The molecule has 0 spiro atoms. The number of fused-ring (bicyclic) bond motifs is 4. The second kappa shape index (κ2) is 10.6. The number of esters is 1. The van der Waals surface area contributed by atoms with E-state index in [1.807, 2.05) is 6.92 Å². The molecule has 0 N–H and O–H groups in total. The van der Waals surface area contributed by atoms with Crippen LogP contribution in [0.1, 0.15) is 36.9 Å². The van der Waals surface area contributed by atoms with Crippen molar-refractivity contribution in [2.45, 2.75) is 43.9 Å². The molecule has 3 saturated carbocycles. The topological polar surface area (TPSA) is 95.5 Å². The molecule has 216 valence electrons. The number of halogens is 2. The molecule has 0 saturated heterocycles. The van der Waals surface area contributed by atoms with Crippen molar-refractivity contribution >= 4 is 32.7 Å². The molecule has 11 heteroatoms. The average molecular weight is 591 g/mol. The van der Waals surface area contributed by atoms with Gasteiger partial charge in [0.05, 0.1) is 42.1 Å². The maximum absolute atomic E-state index is 15.5. The monoisotopic (exact) mass is 590 g/mol. The van der Waals surface area contributed by atoms with Gasteiger partial charge in [0.25, 0.3) is 10.0 Å². The van der Waals surface area contributed by atoms with Crippen molar-refractivity contribution in [1.82, 2.24) is 13.9 Å². The molecule has 8 nitrogen and oxygen atoms in total. The zero-order valence-electron chi connectivity index (χ0n) is 23.0. The molecule has 3 heterocycles. The number of carbonyl (C=O) groups is 1. The predicted octanol–water partition coefficient (Wildman–Crippen LogP) is 6.24. The highest BCUT2D eigenvalue weighted by atomic mass is 32.2. The lowest BCUT2D eigenvalue weighted by atomic mass is 9.57. The summed E-state index contributed by atoms with van der Waals surface area (Å²) < 4.78 is 63.3. The van der Waals surface area contributed by atoms with Crippen LogP contribution in [0.3, 0.4) is 0 Å². The Morgan fingerprint density at radius 3 is 2.48 bits per heavy atom. The van der Waals surface area contributed by atoms with Crippen molar-refractivity contribution in [3.05, 3.63) is 83.1 Å². The lowest BCUT2D eigenvalue weighted by Gasteiger charge is -2.47. The molecule has 3 aliphatic rings. The second-order valence-electron chi connectivity index (χ2n) is 11.2. The Balaban J connectivity index is 1.50. The number of methoxy groups -OCH3 is 1. The Kier molecular flexibility index (Phi) is 7.05. The number of benzene rings is 1. The van der Waals surface area contributed by atoms with Crippen molar-refractivity contribution < 1.29 is 26.7 Å². The Labute approximate surface area is 242 Å². The van der Waals surface area contributed by atoms with Crippen LogP contribution in [0.15, 0.2) is 53.7 Å². The van der Waals surface area contributed by atoms with E-state index in [9.17, 15) is 17.6 Å². The molecule has 4 aromatic rings. The molecule has 7 rings (SSSR count). The van der Waals surface area contributed by atoms with Gasteiger partial charge in [-0.15, -0.1) is 0 Å². The number of hydrogen-bond donors (Lipinski definition) is 0. The lowest BCUT2D eigenvalue weighted by molar-refractivity contribution is -0.156. The average Bonchev–Trinajstić information content (AvgIpc) is 3.37. The van der Waals surface area contributed by atoms with Gasteiger partial charge >= 0.3 is 5.97 Å². The quantitative estimate of drug-likeness (QED) is 0.195. The first-order valence-corrected chi connectivity index (χ1v) is 15.2. The largest absolute Gasteiger partial charge is 0.469 e. The van der Waals surface area contributed by atoms with E-state index in [1.54, 1.807) is 12.1 Å². The van der Waals surface area contributed by atoms with E-state index < -0.39 is 21.7 Å². The number of rotatable bonds is 6. The van der Waals surface area contributed by atoms with Gasteiger partial charge in [0.1, 0.15) is 11.6 Å². The van der Waals surface area contributed by atoms with Crippen LogP contribution in [0.25, 0.3) is 27.1 Å². The summed E-state index contributed by atoms with van der Waals surface area (Å²) in [6, 6.07) is 8.46. The van der Waals surface area contributed by atoms with Crippen LogP contribution in [0.4, 0.5) is 14.5 Å². The number of hydrogen-bond acceptors (Lipinski definition) is 6. The molecular weight excluding hydrogens is 562 g/mol. The minimum atomic E-state index is -4.17. The molecule has 3 aromatic heterocycles. The molecule has 1 aromatic carbocycles. The number of pyridine rings is 2. The molecule has 0 amide bonds. The maximum atomic E-state index is 15.5. The number of carbonyl (C=O) groups excluding carboxylic acids is 1. The standard InChI is InChI=1S/C31H28F2N4O4S/c1-17-4-10-21(11-5-17)42(39,40)37-16-24(23-12-20(32)15-35-30(23)37)29-27(34-2)14-25(33)26(36-29)13-22-18-6-8-19(9-7-18)28(22)31(38)41-3/h4-5,10-12,14-16,18-19,22,28H,6-9,13H2,1,3H3/t18?,19?,22?,28-/m1/s1. The number of ether oxygens (including phenoxy) is 1. The predicted molar refractivity (Wildman–Crippen MR) is 151 cm³/mol. The summed E-state index contributed by atoms with van der Waals surface area (Å²) in [5, 5.41) is 0.116. The van der Waals surface area contributed by atoms with Gasteiger partial charge in [-0.25, -0.2) is 31.0 Å². The van der Waals surface area contributed by atoms with Crippen LogP contribution in [-0.2, 0) is 26.0 Å². The van der Waals surface area contributed by atoms with Crippen LogP contribution < -0.4 is 0 Å².